The maximum Gasteiger partial charge on any atom is 0.263 e. The highest BCUT2D eigenvalue weighted by Crippen LogP contribution is 2.30. The van der Waals surface area contributed by atoms with Crippen molar-refractivity contribution in [3.05, 3.63) is 47.9 Å². The molecular formula is C21H26N6O2. The predicted molar refractivity (Wildman–Crippen MR) is 110 cm³/mol. The number of rotatable bonds is 6. The highest BCUT2D eigenvalue weighted by atomic mass is 16.5. The second kappa shape index (κ2) is 8.16. The lowest BCUT2D eigenvalue weighted by molar-refractivity contribution is -0.136. The Kier molecular flexibility index (Phi) is 5.44. The van der Waals surface area contributed by atoms with Crippen molar-refractivity contribution in [2.24, 2.45) is 5.73 Å². The first-order valence-corrected chi connectivity index (χ1v) is 9.96. The molecule has 8 heteroatoms. The molecule has 29 heavy (non-hydrogen) atoms. The predicted octanol–water partition coefficient (Wildman–Crippen LogP) is 1.88. The van der Waals surface area contributed by atoms with Crippen molar-refractivity contribution in [1.82, 2.24) is 24.6 Å². The van der Waals surface area contributed by atoms with E-state index in [-0.39, 0.29) is 11.8 Å². The van der Waals surface area contributed by atoms with E-state index in [9.17, 15) is 4.79 Å². The standard InChI is InChI=1S/C21H26N6O2/c1-14-3-5-17(6-4-14)29-15(2)21(28)26-11-7-16(13-26)18-19-20(24-10-9-23-19)27(25-18)12-8-22/h3-6,9-10,15-16H,7-8,11-13,22H2,1-2H3/t15-,16-/m0/s1. The molecule has 1 aromatic carbocycles. The number of carbonyl (C=O) groups excluding carboxylic acids is 1. The number of hydrogen-bond donors (Lipinski definition) is 1. The average molecular weight is 394 g/mol. The average Bonchev–Trinajstić information content (AvgIpc) is 3.35. The molecule has 1 saturated heterocycles. The van der Waals surface area contributed by atoms with Gasteiger partial charge in [-0.05, 0) is 32.4 Å². The van der Waals surface area contributed by atoms with Crippen LogP contribution in [0.3, 0.4) is 0 Å². The van der Waals surface area contributed by atoms with Gasteiger partial charge in [0, 0.05) is 37.9 Å². The van der Waals surface area contributed by atoms with Gasteiger partial charge >= 0.3 is 0 Å². The Bertz CT molecular complexity index is 1000. The van der Waals surface area contributed by atoms with Crippen molar-refractivity contribution in [2.45, 2.75) is 38.8 Å². The van der Waals surface area contributed by atoms with Crippen molar-refractivity contribution in [3.8, 4) is 5.75 Å². The molecule has 2 N–H and O–H groups in total. The second-order valence-corrected chi connectivity index (χ2v) is 7.47. The zero-order valence-corrected chi connectivity index (χ0v) is 16.8. The summed E-state index contributed by atoms with van der Waals surface area (Å²) in [7, 11) is 0. The molecule has 1 aliphatic rings. The van der Waals surface area contributed by atoms with Gasteiger partial charge in [0.2, 0.25) is 0 Å². The van der Waals surface area contributed by atoms with Crippen LogP contribution >= 0.6 is 0 Å². The molecule has 1 amide bonds. The summed E-state index contributed by atoms with van der Waals surface area (Å²) >= 11 is 0. The van der Waals surface area contributed by atoms with Crippen LogP contribution < -0.4 is 10.5 Å². The van der Waals surface area contributed by atoms with E-state index in [1.807, 2.05) is 40.8 Å². The molecule has 0 aliphatic carbocycles. The van der Waals surface area contributed by atoms with E-state index in [2.05, 4.69) is 9.97 Å². The summed E-state index contributed by atoms with van der Waals surface area (Å²) in [5, 5.41) is 4.72. The molecular weight excluding hydrogens is 368 g/mol. The molecule has 0 saturated carbocycles. The fourth-order valence-corrected chi connectivity index (χ4v) is 3.79. The number of amides is 1. The molecule has 0 spiro atoms. The van der Waals surface area contributed by atoms with Gasteiger partial charge in [-0.1, -0.05) is 17.7 Å². The molecule has 3 aromatic rings. The van der Waals surface area contributed by atoms with E-state index in [0.717, 1.165) is 28.8 Å². The van der Waals surface area contributed by atoms with Gasteiger partial charge in [-0.3, -0.25) is 4.79 Å². The van der Waals surface area contributed by atoms with Crippen LogP contribution in [-0.2, 0) is 11.3 Å². The van der Waals surface area contributed by atoms with Gasteiger partial charge in [-0.15, -0.1) is 0 Å². The number of nitrogens with two attached hydrogens (primary N) is 1. The van der Waals surface area contributed by atoms with Gasteiger partial charge in [0.25, 0.3) is 5.91 Å². The molecule has 8 nitrogen and oxygen atoms in total. The van der Waals surface area contributed by atoms with Crippen molar-refractivity contribution in [2.75, 3.05) is 19.6 Å². The summed E-state index contributed by atoms with van der Waals surface area (Å²) in [5.41, 5.74) is 9.29. The Morgan fingerprint density at radius 3 is 2.79 bits per heavy atom. The Labute approximate surface area is 169 Å². The molecule has 0 bridgehead atoms. The Hall–Kier alpha value is -3.00. The normalized spacial score (nSPS) is 17.6. The van der Waals surface area contributed by atoms with Crippen molar-refractivity contribution < 1.29 is 9.53 Å². The van der Waals surface area contributed by atoms with Crippen LogP contribution in [0.5, 0.6) is 5.75 Å². The summed E-state index contributed by atoms with van der Waals surface area (Å²) < 4.78 is 7.65. The maximum absolute atomic E-state index is 12.9. The number of benzene rings is 1. The largest absolute Gasteiger partial charge is 0.481 e. The highest BCUT2D eigenvalue weighted by molar-refractivity contribution is 5.81. The van der Waals surface area contributed by atoms with E-state index >= 15 is 0 Å². The number of likely N-dealkylation sites (tertiary alicyclic amines) is 1. The van der Waals surface area contributed by atoms with Crippen molar-refractivity contribution in [1.29, 1.82) is 0 Å². The fraction of sp³-hybridized carbons (Fsp3) is 0.429. The topological polar surface area (TPSA) is 99.2 Å². The molecule has 2 atom stereocenters. The fourth-order valence-electron chi connectivity index (χ4n) is 3.79. The quantitative estimate of drug-likeness (QED) is 0.685. The number of nitrogens with zero attached hydrogens (tertiary/aromatic N) is 5. The first-order chi connectivity index (χ1) is 14.1. The third-order valence-corrected chi connectivity index (χ3v) is 5.30. The van der Waals surface area contributed by atoms with Gasteiger partial charge in [-0.2, -0.15) is 5.10 Å². The number of aryl methyl sites for hydroxylation is 1. The zero-order valence-electron chi connectivity index (χ0n) is 16.8. The third-order valence-electron chi connectivity index (χ3n) is 5.30. The lowest BCUT2D eigenvalue weighted by atomic mass is 10.0. The SMILES string of the molecule is Cc1ccc(O[C@@H](C)C(=O)N2CC[C@H](c3nn(CCN)c4nccnc34)C2)cc1. The highest BCUT2D eigenvalue weighted by Gasteiger charge is 2.33. The van der Waals surface area contributed by atoms with E-state index < -0.39 is 6.10 Å². The minimum atomic E-state index is -0.539. The number of aromatic nitrogens is 4. The van der Waals surface area contributed by atoms with E-state index in [1.54, 1.807) is 19.3 Å². The van der Waals surface area contributed by atoms with Gasteiger partial charge < -0.3 is 15.4 Å². The maximum atomic E-state index is 12.9. The minimum absolute atomic E-state index is 0.00939. The molecule has 2 aromatic heterocycles. The summed E-state index contributed by atoms with van der Waals surface area (Å²) in [6.45, 7) is 6.17. The Balaban J connectivity index is 1.47. The number of ether oxygens (including phenoxy) is 1. The number of carbonyl (C=O) groups is 1. The van der Waals surface area contributed by atoms with Crippen LogP contribution in [0.2, 0.25) is 0 Å². The first-order valence-electron chi connectivity index (χ1n) is 9.96. The van der Waals surface area contributed by atoms with Crippen LogP contribution in [0.1, 0.15) is 30.5 Å². The monoisotopic (exact) mass is 394 g/mol. The summed E-state index contributed by atoms with van der Waals surface area (Å²) in [4.78, 5) is 23.6. The number of fused-ring (bicyclic) bond motifs is 1. The molecule has 4 rings (SSSR count). The Morgan fingerprint density at radius 1 is 1.28 bits per heavy atom. The second-order valence-electron chi connectivity index (χ2n) is 7.47. The summed E-state index contributed by atoms with van der Waals surface area (Å²) in [6, 6.07) is 7.73. The molecule has 3 heterocycles. The van der Waals surface area contributed by atoms with E-state index in [4.69, 9.17) is 15.6 Å². The smallest absolute Gasteiger partial charge is 0.263 e. The van der Waals surface area contributed by atoms with Crippen LogP contribution in [0.4, 0.5) is 0 Å². The molecule has 152 valence electrons. The molecule has 1 fully saturated rings. The summed E-state index contributed by atoms with van der Waals surface area (Å²) in [6.07, 6.45) is 3.64. The van der Waals surface area contributed by atoms with Crippen LogP contribution in [0.25, 0.3) is 11.2 Å². The van der Waals surface area contributed by atoms with E-state index in [1.165, 1.54) is 0 Å². The van der Waals surface area contributed by atoms with Crippen molar-refractivity contribution >= 4 is 17.1 Å². The Morgan fingerprint density at radius 2 is 2.03 bits per heavy atom. The third kappa shape index (κ3) is 3.93. The molecule has 0 unspecified atom stereocenters. The van der Waals surface area contributed by atoms with Gasteiger partial charge in [0.05, 0.1) is 12.2 Å². The summed E-state index contributed by atoms with van der Waals surface area (Å²) in [5.74, 6) is 0.822. The molecule has 0 radical (unpaired) electrons. The van der Waals surface area contributed by atoms with E-state index in [0.29, 0.717) is 31.9 Å². The lowest BCUT2D eigenvalue weighted by Crippen LogP contribution is -2.39. The zero-order chi connectivity index (χ0) is 20.4. The van der Waals surface area contributed by atoms with Crippen molar-refractivity contribution in [3.63, 3.8) is 0 Å². The van der Waals surface area contributed by atoms with Crippen LogP contribution in [-0.4, -0.2) is 56.3 Å². The van der Waals surface area contributed by atoms with Crippen LogP contribution in [0.15, 0.2) is 36.7 Å². The number of hydrogen-bond acceptors (Lipinski definition) is 6. The first kappa shape index (κ1) is 19.3. The van der Waals surface area contributed by atoms with Gasteiger partial charge in [0.15, 0.2) is 11.8 Å². The van der Waals surface area contributed by atoms with Gasteiger partial charge in [0.1, 0.15) is 11.3 Å². The lowest BCUT2D eigenvalue weighted by Gasteiger charge is -2.21. The molecule has 1 aliphatic heterocycles. The van der Waals surface area contributed by atoms with Gasteiger partial charge in [-0.25, -0.2) is 14.6 Å². The minimum Gasteiger partial charge on any atom is -0.481 e. The van der Waals surface area contributed by atoms with Crippen LogP contribution in [0, 0.1) is 6.92 Å².